The maximum absolute atomic E-state index is 14.4. The number of pyridine rings is 1. The van der Waals surface area contributed by atoms with E-state index in [0.29, 0.717) is 12.1 Å². The van der Waals surface area contributed by atoms with E-state index in [1.165, 1.54) is 23.4 Å². The Bertz CT molecular complexity index is 1320. The van der Waals surface area contributed by atoms with E-state index >= 15 is 0 Å². The zero-order valence-electron chi connectivity index (χ0n) is 19.7. The van der Waals surface area contributed by atoms with E-state index < -0.39 is 5.82 Å². The summed E-state index contributed by atoms with van der Waals surface area (Å²) in [5, 5.41) is 8.14. The van der Waals surface area contributed by atoms with Gasteiger partial charge >= 0.3 is 0 Å². The summed E-state index contributed by atoms with van der Waals surface area (Å²) in [6, 6.07) is 9.79. The number of allylic oxidation sites excluding steroid dienone is 2. The van der Waals surface area contributed by atoms with E-state index in [4.69, 9.17) is 28.5 Å². The molecule has 180 valence electrons. The van der Waals surface area contributed by atoms with Crippen LogP contribution in [0.1, 0.15) is 55.3 Å². The molecule has 4 rings (SSSR count). The fourth-order valence-corrected chi connectivity index (χ4v) is 5.26. The van der Waals surface area contributed by atoms with Crippen LogP contribution in [0.4, 0.5) is 4.39 Å². The smallest absolute Gasteiger partial charge is 0.169 e. The molecule has 0 radical (unpaired) electrons. The maximum Gasteiger partial charge on any atom is 0.169 e. The minimum Gasteiger partial charge on any atom is -0.383 e. The highest BCUT2D eigenvalue weighted by atomic mass is 35.5. The Hall–Kier alpha value is -3.31. The van der Waals surface area contributed by atoms with Crippen LogP contribution in [0.2, 0.25) is 5.15 Å². The zero-order chi connectivity index (χ0) is 25.2. The lowest BCUT2D eigenvalue weighted by molar-refractivity contribution is 0.203. The lowest BCUT2D eigenvalue weighted by Crippen LogP contribution is -2.31. The number of fused-ring (bicyclic) bond motifs is 1. The standard InChI is InChI=1S/C28H29ClFN5/c1-3-13-28(16-18-7-4-5-8-19(18)25(28)32)14-11-17(2)22-10-6-9-21(27(33)35-22)24(31)20-12-15-34-26(29)23(20)30/h4-8,10,12,15,25,31H,2-3,11,13-14,16,32H2,1H3,(H2,33,35). The number of hydrogen-bond donors (Lipinski definition) is 3. The summed E-state index contributed by atoms with van der Waals surface area (Å²) in [6.07, 6.45) is 9.36. The third-order valence-corrected chi connectivity index (χ3v) is 7.22. The van der Waals surface area contributed by atoms with Crippen molar-refractivity contribution >= 4 is 23.1 Å². The van der Waals surface area contributed by atoms with Crippen LogP contribution in [0.3, 0.4) is 0 Å². The first kappa shape index (κ1) is 24.8. The third kappa shape index (κ3) is 4.78. The van der Waals surface area contributed by atoms with E-state index in [2.05, 4.69) is 47.4 Å². The van der Waals surface area contributed by atoms with Gasteiger partial charge in [-0.05, 0) is 66.0 Å². The Balaban J connectivity index is 1.50. The predicted octanol–water partition coefficient (Wildman–Crippen LogP) is 5.96. The number of rotatable bonds is 8. The summed E-state index contributed by atoms with van der Waals surface area (Å²) in [4.78, 5) is 8.20. The molecule has 5 nitrogen and oxygen atoms in total. The molecule has 0 amide bonds. The Labute approximate surface area is 210 Å². The number of hydrogen-bond acceptors (Lipinski definition) is 5. The van der Waals surface area contributed by atoms with Gasteiger partial charge in [0.15, 0.2) is 11.0 Å². The number of halogens is 2. The molecule has 0 spiro atoms. The van der Waals surface area contributed by atoms with Crippen LogP contribution in [-0.4, -0.2) is 16.5 Å². The largest absolute Gasteiger partial charge is 0.383 e. The molecular formula is C28H29ClFN5. The summed E-state index contributed by atoms with van der Waals surface area (Å²) in [5.41, 5.74) is 19.9. The molecule has 2 unspecified atom stereocenters. The maximum atomic E-state index is 14.4. The van der Waals surface area contributed by atoms with Crippen LogP contribution in [0.15, 0.2) is 82.8 Å². The van der Waals surface area contributed by atoms with E-state index in [1.54, 1.807) is 12.2 Å². The van der Waals surface area contributed by atoms with Gasteiger partial charge in [-0.1, -0.05) is 55.8 Å². The fourth-order valence-electron chi connectivity index (χ4n) is 5.10. The summed E-state index contributed by atoms with van der Waals surface area (Å²) in [6.45, 7) is 6.46. The highest BCUT2D eigenvalue weighted by molar-refractivity contribution is 6.32. The molecule has 2 heterocycles. The highest BCUT2D eigenvalue weighted by Gasteiger charge is 2.42. The minimum absolute atomic E-state index is 0.0149. The van der Waals surface area contributed by atoms with Crippen LogP contribution in [0.25, 0.3) is 0 Å². The van der Waals surface area contributed by atoms with Gasteiger partial charge in [0.25, 0.3) is 0 Å². The molecule has 1 aromatic heterocycles. The minimum atomic E-state index is -0.779. The highest BCUT2D eigenvalue weighted by Crippen LogP contribution is 2.50. The number of aliphatic imine (C=N–C) groups is 1. The Morgan fingerprint density at radius 2 is 2.09 bits per heavy atom. The van der Waals surface area contributed by atoms with Crippen molar-refractivity contribution in [3.05, 3.63) is 105 Å². The topological polar surface area (TPSA) is 101 Å². The predicted molar refractivity (Wildman–Crippen MR) is 140 cm³/mol. The normalized spacial score (nSPS) is 21.0. The summed E-state index contributed by atoms with van der Waals surface area (Å²) < 4.78 is 14.4. The molecule has 2 atom stereocenters. The van der Waals surface area contributed by atoms with Gasteiger partial charge in [-0.25, -0.2) is 14.4 Å². The summed E-state index contributed by atoms with van der Waals surface area (Å²) in [5.74, 6) is -0.713. The van der Waals surface area contributed by atoms with Crippen LogP contribution in [0, 0.1) is 16.6 Å². The molecule has 0 fully saturated rings. The van der Waals surface area contributed by atoms with Crippen molar-refractivity contribution in [1.82, 2.24) is 4.98 Å². The Morgan fingerprint density at radius 1 is 1.31 bits per heavy atom. The molecule has 0 saturated heterocycles. The van der Waals surface area contributed by atoms with E-state index in [-0.39, 0.29) is 39.3 Å². The van der Waals surface area contributed by atoms with Gasteiger partial charge in [0.05, 0.1) is 17.0 Å². The first-order valence-corrected chi connectivity index (χ1v) is 12.1. The van der Waals surface area contributed by atoms with Gasteiger partial charge < -0.3 is 11.5 Å². The van der Waals surface area contributed by atoms with Crippen LogP contribution >= 0.6 is 11.6 Å². The van der Waals surface area contributed by atoms with Gasteiger partial charge in [-0.3, -0.25) is 5.41 Å². The molecule has 1 aliphatic heterocycles. The molecule has 1 aromatic carbocycles. The average Bonchev–Trinajstić information content (AvgIpc) is 2.98. The van der Waals surface area contributed by atoms with Crippen LogP contribution in [-0.2, 0) is 6.42 Å². The van der Waals surface area contributed by atoms with Crippen molar-refractivity contribution < 1.29 is 4.39 Å². The van der Waals surface area contributed by atoms with Crippen LogP contribution < -0.4 is 11.5 Å². The van der Waals surface area contributed by atoms with Crippen molar-refractivity contribution in [3.63, 3.8) is 0 Å². The zero-order valence-corrected chi connectivity index (χ0v) is 20.5. The van der Waals surface area contributed by atoms with Crippen molar-refractivity contribution in [2.45, 2.75) is 45.1 Å². The fraction of sp³-hybridized carbons (Fsp3) is 0.286. The molecule has 2 aromatic rings. The van der Waals surface area contributed by atoms with E-state index in [9.17, 15) is 4.39 Å². The van der Waals surface area contributed by atoms with Crippen LogP contribution in [0.5, 0.6) is 0 Å². The first-order valence-electron chi connectivity index (χ1n) is 11.7. The molecule has 0 saturated carbocycles. The van der Waals surface area contributed by atoms with Crippen molar-refractivity contribution in [1.29, 1.82) is 5.41 Å². The second kappa shape index (κ2) is 10.1. The number of nitrogens with one attached hydrogen (secondary N) is 1. The second-order valence-corrected chi connectivity index (χ2v) is 9.50. The number of aromatic nitrogens is 1. The van der Waals surface area contributed by atoms with E-state index in [0.717, 1.165) is 31.3 Å². The number of amidine groups is 1. The van der Waals surface area contributed by atoms with E-state index in [1.807, 2.05) is 6.07 Å². The molecule has 0 bridgehead atoms. The third-order valence-electron chi connectivity index (χ3n) is 6.96. The van der Waals surface area contributed by atoms with Gasteiger partial charge in [0.2, 0.25) is 0 Å². The number of nitrogens with two attached hydrogens (primary N) is 2. The lowest BCUT2D eigenvalue weighted by atomic mass is 9.73. The Kier molecular flexibility index (Phi) is 7.18. The van der Waals surface area contributed by atoms with Gasteiger partial charge in [-0.2, -0.15) is 0 Å². The SMILES string of the molecule is C=C(CCC1(CCC)Cc2ccccc2C1N)C1=CC=C=C(C(=N)c2ccnc(Cl)c2F)C(N)=N1. The first-order chi connectivity index (χ1) is 16.8. The summed E-state index contributed by atoms with van der Waals surface area (Å²) in [7, 11) is 0. The second-order valence-electron chi connectivity index (χ2n) is 9.14. The van der Waals surface area contributed by atoms with Gasteiger partial charge in [0, 0.05) is 17.8 Å². The lowest BCUT2D eigenvalue weighted by Gasteiger charge is -2.34. The molecule has 2 aliphatic rings. The Morgan fingerprint density at radius 3 is 2.83 bits per heavy atom. The van der Waals surface area contributed by atoms with Gasteiger partial charge in [0.1, 0.15) is 5.84 Å². The van der Waals surface area contributed by atoms with Gasteiger partial charge in [-0.15, -0.1) is 5.73 Å². The quantitative estimate of drug-likeness (QED) is 0.242. The average molecular weight is 490 g/mol. The molecule has 1 aliphatic carbocycles. The number of nitrogens with zero attached hydrogens (tertiary/aromatic N) is 2. The molecule has 35 heavy (non-hydrogen) atoms. The summed E-state index contributed by atoms with van der Waals surface area (Å²) >= 11 is 5.78. The molecule has 5 N–H and O–H groups in total. The number of benzene rings is 1. The molecule has 7 heteroatoms. The van der Waals surface area contributed by atoms with Crippen molar-refractivity contribution in [2.24, 2.45) is 21.9 Å². The molecular weight excluding hydrogens is 461 g/mol. The van der Waals surface area contributed by atoms with Crippen molar-refractivity contribution in [3.8, 4) is 0 Å². The monoisotopic (exact) mass is 489 g/mol. The van der Waals surface area contributed by atoms with Crippen molar-refractivity contribution in [2.75, 3.05) is 0 Å².